The van der Waals surface area contributed by atoms with Gasteiger partial charge in [0.25, 0.3) is 11.8 Å². The Balaban J connectivity index is 1.47. The number of ether oxygens (including phenoxy) is 1. The fourth-order valence-corrected chi connectivity index (χ4v) is 10.2. The summed E-state index contributed by atoms with van der Waals surface area (Å²) in [7, 11) is -3.43. The number of hydrogen-bond donors (Lipinski definition) is 3. The number of benzene rings is 2. The molecule has 3 heterocycles. The van der Waals surface area contributed by atoms with Crippen LogP contribution in [-0.2, 0) is 26.5 Å². The van der Waals surface area contributed by atoms with Crippen molar-refractivity contribution in [3.05, 3.63) is 94.8 Å². The van der Waals surface area contributed by atoms with Crippen molar-refractivity contribution in [1.82, 2.24) is 15.0 Å². The zero-order chi connectivity index (χ0) is 37.1. The number of anilines is 2. The van der Waals surface area contributed by atoms with Crippen LogP contribution in [0.5, 0.6) is 0 Å². The monoisotopic (exact) mass is 717 g/mol. The van der Waals surface area contributed by atoms with Crippen molar-refractivity contribution < 1.29 is 28.6 Å². The Morgan fingerprint density at radius 2 is 1.88 bits per heavy atom. The van der Waals surface area contributed by atoms with E-state index in [1.165, 1.54) is 12.5 Å². The zero-order valence-corrected chi connectivity index (χ0v) is 31.8. The topological polar surface area (TPSA) is 130 Å². The molecule has 2 aliphatic rings. The first-order chi connectivity index (χ1) is 24.2. The summed E-state index contributed by atoms with van der Waals surface area (Å²) in [6.07, 6.45) is 6.38. The van der Waals surface area contributed by atoms with Gasteiger partial charge >= 0.3 is 0 Å². The maximum absolute atomic E-state index is 16.4. The van der Waals surface area contributed by atoms with Crippen LogP contribution in [0.25, 0.3) is 0 Å². The molecule has 3 aromatic rings. The second-order valence-corrected chi connectivity index (χ2v) is 18.6. The Bertz CT molecular complexity index is 1770. The highest BCUT2D eigenvalue weighted by Gasteiger charge is 2.66. The molecule has 274 valence electrons. The lowest BCUT2D eigenvalue weighted by atomic mass is 9.82. The molecule has 12 heteroatoms. The van der Waals surface area contributed by atoms with Crippen molar-refractivity contribution in [3.63, 3.8) is 0 Å². The van der Waals surface area contributed by atoms with Crippen LogP contribution in [0.4, 0.5) is 15.5 Å². The average molecular weight is 718 g/mol. The minimum absolute atomic E-state index is 0.125. The fourth-order valence-electron chi connectivity index (χ4n) is 7.66. The first kappa shape index (κ1) is 38.3. The third-order valence-electron chi connectivity index (χ3n) is 10.3. The number of carbonyl (C=O) groups excluding carboxylic acids is 2. The first-order valence-corrected chi connectivity index (χ1v) is 20.8. The summed E-state index contributed by atoms with van der Waals surface area (Å²) in [5, 5.41) is 31.4. The maximum atomic E-state index is 16.4. The van der Waals surface area contributed by atoms with Crippen LogP contribution >= 0.6 is 0 Å². The number of aryl methyl sites for hydroxylation is 1. The summed E-state index contributed by atoms with van der Waals surface area (Å²) in [6, 6.07) is 14.9. The molecule has 0 radical (unpaired) electrons. The number of aromatic nitrogens is 3. The van der Waals surface area contributed by atoms with Gasteiger partial charge in [0.15, 0.2) is 5.60 Å². The van der Waals surface area contributed by atoms with Gasteiger partial charge in [-0.1, -0.05) is 65.8 Å². The quantitative estimate of drug-likeness (QED) is 0.0971. The predicted octanol–water partition coefficient (Wildman–Crippen LogP) is 6.63. The molecule has 1 fully saturated rings. The molecule has 3 N–H and O–H groups in total. The van der Waals surface area contributed by atoms with Gasteiger partial charge in [-0.3, -0.25) is 14.3 Å². The van der Waals surface area contributed by atoms with Crippen LogP contribution in [0, 0.1) is 5.92 Å². The average Bonchev–Trinajstić information content (AvgIpc) is 3.73. The van der Waals surface area contributed by atoms with Crippen molar-refractivity contribution in [1.29, 1.82) is 0 Å². The lowest BCUT2D eigenvalue weighted by molar-refractivity contribution is -0.145. The van der Waals surface area contributed by atoms with Crippen LogP contribution in [0.1, 0.15) is 76.6 Å². The molecule has 0 saturated carbocycles. The van der Waals surface area contributed by atoms with E-state index in [4.69, 9.17) is 4.74 Å². The Morgan fingerprint density at radius 1 is 1.16 bits per heavy atom. The van der Waals surface area contributed by atoms with Crippen LogP contribution in [0.2, 0.25) is 18.6 Å². The van der Waals surface area contributed by atoms with Gasteiger partial charge < -0.3 is 29.3 Å². The van der Waals surface area contributed by atoms with E-state index in [2.05, 4.69) is 48.6 Å². The van der Waals surface area contributed by atoms with Gasteiger partial charge in [-0.2, -0.15) is 0 Å². The van der Waals surface area contributed by atoms with Gasteiger partial charge in [0.05, 0.1) is 30.0 Å². The smallest absolute Gasteiger partial charge is 0.264 e. The number of hydrogen-bond acceptors (Lipinski definition) is 7. The van der Waals surface area contributed by atoms with Crippen LogP contribution in [0.3, 0.4) is 0 Å². The third-order valence-corrected chi connectivity index (χ3v) is 12.7. The SMILES string of the molecule is CC(C)=CCC/C(C)=C/CN1C(=O)[C@]2(O[C@H](CCn3cc(C(CO)c4ccccc4)nn3)[C@@H]([Si](C)(C)F)[C@@H]2C)c2cc(NC(=O)[C@H](C)O)ccc21. The normalized spacial score (nSPS) is 23.0. The van der Waals surface area contributed by atoms with E-state index in [1.807, 2.05) is 37.3 Å². The Hall–Kier alpha value is -3.97. The predicted molar refractivity (Wildman–Crippen MR) is 200 cm³/mol. The molecule has 5 rings (SSSR count). The number of nitrogens with one attached hydrogen (secondary N) is 1. The molecule has 51 heavy (non-hydrogen) atoms. The van der Waals surface area contributed by atoms with Gasteiger partial charge in [-0.15, -0.1) is 5.10 Å². The minimum Gasteiger partial charge on any atom is -0.395 e. The number of carbonyl (C=O) groups is 2. The summed E-state index contributed by atoms with van der Waals surface area (Å²) >= 11 is 0. The van der Waals surface area contributed by atoms with E-state index in [1.54, 1.807) is 47.1 Å². The lowest BCUT2D eigenvalue weighted by Crippen LogP contribution is -2.45. The first-order valence-electron chi connectivity index (χ1n) is 17.8. The number of rotatable bonds is 14. The largest absolute Gasteiger partial charge is 0.395 e. The molecule has 0 aliphatic carbocycles. The molecule has 1 unspecified atom stereocenters. The summed E-state index contributed by atoms with van der Waals surface area (Å²) in [5.41, 5.74) is 3.63. The standard InChI is InChI=1S/C39H52FN5O5Si/c1-25(2)12-11-13-26(3)18-21-45-34-17-16-30(41-37(48)28(5)47)22-32(34)39(38(45)49)27(4)36(51(6,7)40)35(50-39)19-20-44-23-33(42-43-44)31(24-46)29-14-9-8-10-15-29/h8-10,12,14-18,22-23,27-28,31,35-36,46-47H,11,13,19-21,24H2,1-7H3,(H,41,48)/b26-18+/t27-,28-,31?,35+,36-,39+/m0/s1. The zero-order valence-electron chi connectivity index (χ0n) is 30.8. The Kier molecular flexibility index (Phi) is 11.8. The highest BCUT2D eigenvalue weighted by Crippen LogP contribution is 2.60. The van der Waals surface area contributed by atoms with E-state index >= 15 is 4.11 Å². The Morgan fingerprint density at radius 3 is 2.53 bits per heavy atom. The number of aliphatic hydroxyl groups is 2. The Labute approximate surface area is 301 Å². The molecule has 0 bridgehead atoms. The van der Waals surface area contributed by atoms with Crippen molar-refractivity contribution in [3.8, 4) is 0 Å². The summed E-state index contributed by atoms with van der Waals surface area (Å²) in [5.74, 6) is -1.67. The summed E-state index contributed by atoms with van der Waals surface area (Å²) in [6.45, 7) is 13.4. The van der Waals surface area contributed by atoms with Crippen molar-refractivity contribution in [2.24, 2.45) is 5.92 Å². The molecule has 1 spiro atoms. The molecule has 2 amide bonds. The van der Waals surface area contributed by atoms with E-state index in [-0.39, 0.29) is 18.4 Å². The highest BCUT2D eigenvalue weighted by molar-refractivity contribution is 6.72. The number of halogens is 1. The van der Waals surface area contributed by atoms with Crippen molar-refractivity contribution in [2.75, 3.05) is 23.4 Å². The number of amides is 2. The second kappa shape index (κ2) is 15.7. The van der Waals surface area contributed by atoms with Crippen molar-refractivity contribution in [2.45, 2.75) is 103 Å². The minimum atomic E-state index is -3.43. The molecule has 1 saturated heterocycles. The second-order valence-electron chi connectivity index (χ2n) is 14.8. The molecule has 6 atom stereocenters. The van der Waals surface area contributed by atoms with Crippen molar-refractivity contribution >= 4 is 31.6 Å². The van der Waals surface area contributed by atoms with Crippen LogP contribution < -0.4 is 10.2 Å². The lowest BCUT2D eigenvalue weighted by Gasteiger charge is -2.31. The molecule has 1 aromatic heterocycles. The number of fused-ring (bicyclic) bond motifs is 2. The maximum Gasteiger partial charge on any atom is 0.264 e. The van der Waals surface area contributed by atoms with Gasteiger partial charge in [0, 0.05) is 42.0 Å². The number of nitrogens with zero attached hydrogens (tertiary/aromatic N) is 4. The third kappa shape index (κ3) is 8.09. The molecule has 2 aromatic carbocycles. The fraction of sp³-hybridized carbons (Fsp3) is 0.487. The molecule has 2 aliphatic heterocycles. The van der Waals surface area contributed by atoms with Crippen LogP contribution in [0.15, 0.2) is 78.0 Å². The van der Waals surface area contributed by atoms with Crippen LogP contribution in [-0.4, -0.2) is 70.8 Å². The van der Waals surface area contributed by atoms with E-state index in [0.29, 0.717) is 42.1 Å². The van der Waals surface area contributed by atoms with E-state index in [9.17, 15) is 19.8 Å². The van der Waals surface area contributed by atoms with E-state index < -0.39 is 43.6 Å². The van der Waals surface area contributed by atoms with Gasteiger partial charge in [-0.25, -0.2) is 0 Å². The molecule has 10 nitrogen and oxygen atoms in total. The number of aliphatic hydroxyl groups excluding tert-OH is 2. The van der Waals surface area contributed by atoms with E-state index in [0.717, 1.165) is 24.0 Å². The summed E-state index contributed by atoms with van der Waals surface area (Å²) in [4.78, 5) is 29.0. The number of allylic oxidation sites excluding steroid dienone is 3. The highest BCUT2D eigenvalue weighted by atomic mass is 28.4. The van der Waals surface area contributed by atoms with Gasteiger partial charge in [-0.05, 0) is 83.8 Å². The summed E-state index contributed by atoms with van der Waals surface area (Å²) < 4.78 is 25.0. The van der Waals surface area contributed by atoms with Gasteiger partial charge in [0.2, 0.25) is 8.41 Å². The molecular weight excluding hydrogens is 666 g/mol. The van der Waals surface area contributed by atoms with Gasteiger partial charge in [0.1, 0.15) is 6.10 Å². The molecular formula is C39H52FN5O5Si.